The molecule has 1 saturated carbocycles. The molecular formula is C16H20N2O5S2. The number of sulfonamides is 1. The Balaban J connectivity index is 1.74. The zero-order chi connectivity index (χ0) is 17.9. The number of hydrogen-bond acceptors (Lipinski definition) is 7. The van der Waals surface area contributed by atoms with Crippen LogP contribution >= 0.6 is 11.3 Å². The van der Waals surface area contributed by atoms with Crippen LogP contribution < -0.4 is 4.72 Å². The number of nitrogens with zero attached hydrogens (tertiary/aromatic N) is 1. The molecule has 0 aliphatic heterocycles. The van der Waals surface area contributed by atoms with Crippen molar-refractivity contribution in [2.45, 2.75) is 49.3 Å². The molecule has 9 heteroatoms. The molecule has 3 rings (SSSR count). The molecule has 0 aromatic carbocycles. The maximum atomic E-state index is 12.5. The Labute approximate surface area is 150 Å². The molecule has 0 radical (unpaired) electrons. The van der Waals surface area contributed by atoms with Crippen LogP contribution in [-0.4, -0.2) is 32.2 Å². The Morgan fingerprint density at radius 2 is 2.12 bits per heavy atom. The molecule has 7 nitrogen and oxygen atoms in total. The highest BCUT2D eigenvalue weighted by Crippen LogP contribution is 2.32. The monoisotopic (exact) mass is 384 g/mol. The lowest BCUT2D eigenvalue weighted by molar-refractivity contribution is 0.0514. The summed E-state index contributed by atoms with van der Waals surface area (Å²) in [7, 11) is -3.55. The maximum absolute atomic E-state index is 12.5. The summed E-state index contributed by atoms with van der Waals surface area (Å²) in [6.07, 6.45) is 5.02. The van der Waals surface area contributed by atoms with Crippen molar-refractivity contribution in [3.63, 3.8) is 0 Å². The average Bonchev–Trinajstić information content (AvgIpc) is 3.25. The number of esters is 1. The first-order chi connectivity index (χ1) is 12.0. The SMILES string of the molecule is CCOC(=O)c1cc(-c2ccc(S(=O)(=O)NC3CCCCC3)s2)on1. The van der Waals surface area contributed by atoms with E-state index in [4.69, 9.17) is 9.26 Å². The van der Waals surface area contributed by atoms with Gasteiger partial charge in [-0.1, -0.05) is 24.4 Å². The zero-order valence-corrected chi connectivity index (χ0v) is 15.5. The number of rotatable bonds is 6. The van der Waals surface area contributed by atoms with Gasteiger partial charge in [0.15, 0.2) is 11.5 Å². The van der Waals surface area contributed by atoms with Gasteiger partial charge >= 0.3 is 5.97 Å². The molecule has 2 aromatic rings. The lowest BCUT2D eigenvalue weighted by atomic mass is 9.96. The van der Waals surface area contributed by atoms with Crippen LogP contribution in [0.1, 0.15) is 49.5 Å². The van der Waals surface area contributed by atoms with Crippen LogP contribution in [0.25, 0.3) is 10.6 Å². The molecule has 1 aliphatic rings. The number of thiophene rings is 1. The highest BCUT2D eigenvalue weighted by atomic mass is 32.2. The third-order valence-electron chi connectivity index (χ3n) is 4.01. The fourth-order valence-corrected chi connectivity index (χ4v) is 5.36. The first-order valence-corrected chi connectivity index (χ1v) is 10.6. The van der Waals surface area contributed by atoms with E-state index >= 15 is 0 Å². The first-order valence-electron chi connectivity index (χ1n) is 8.26. The second-order valence-corrected chi connectivity index (χ2v) is 8.90. The van der Waals surface area contributed by atoms with Gasteiger partial charge in [-0.05, 0) is 31.9 Å². The Kier molecular flexibility index (Phi) is 5.55. The van der Waals surface area contributed by atoms with Gasteiger partial charge in [-0.2, -0.15) is 0 Å². The predicted octanol–water partition coefficient (Wildman–Crippen LogP) is 3.19. The van der Waals surface area contributed by atoms with Gasteiger partial charge in [0.2, 0.25) is 10.0 Å². The Hall–Kier alpha value is -1.71. The van der Waals surface area contributed by atoms with E-state index in [-0.39, 0.29) is 22.6 Å². The Morgan fingerprint density at radius 1 is 1.36 bits per heavy atom. The summed E-state index contributed by atoms with van der Waals surface area (Å²) in [5.74, 6) is -0.229. The van der Waals surface area contributed by atoms with E-state index in [1.807, 2.05) is 0 Å². The number of carbonyl (C=O) groups is 1. The van der Waals surface area contributed by atoms with Crippen LogP contribution in [0.2, 0.25) is 0 Å². The number of aromatic nitrogens is 1. The van der Waals surface area contributed by atoms with E-state index < -0.39 is 16.0 Å². The van der Waals surface area contributed by atoms with Crippen molar-refractivity contribution in [1.82, 2.24) is 9.88 Å². The topological polar surface area (TPSA) is 98.5 Å². The molecule has 0 spiro atoms. The summed E-state index contributed by atoms with van der Waals surface area (Å²) in [5, 5.41) is 3.67. The van der Waals surface area contributed by atoms with E-state index in [2.05, 4.69) is 9.88 Å². The highest BCUT2D eigenvalue weighted by Gasteiger charge is 2.24. The zero-order valence-electron chi connectivity index (χ0n) is 13.9. The molecule has 136 valence electrons. The molecule has 1 aliphatic carbocycles. The quantitative estimate of drug-likeness (QED) is 0.768. The third kappa shape index (κ3) is 4.28. The molecule has 2 aromatic heterocycles. The van der Waals surface area contributed by atoms with Gasteiger partial charge in [0.1, 0.15) is 4.21 Å². The van der Waals surface area contributed by atoms with Gasteiger partial charge in [-0.25, -0.2) is 17.9 Å². The standard InChI is InChI=1S/C16H20N2O5S2/c1-2-22-16(19)12-10-13(23-17-12)14-8-9-15(24-14)25(20,21)18-11-6-4-3-5-7-11/h8-11,18H,2-7H2,1H3. The molecule has 0 saturated heterocycles. The summed E-state index contributed by atoms with van der Waals surface area (Å²) < 4.78 is 38.0. The highest BCUT2D eigenvalue weighted by molar-refractivity contribution is 7.91. The fraction of sp³-hybridized carbons (Fsp3) is 0.500. The van der Waals surface area contributed by atoms with E-state index in [9.17, 15) is 13.2 Å². The number of nitrogens with one attached hydrogen (secondary N) is 1. The lowest BCUT2D eigenvalue weighted by Gasteiger charge is -2.22. The summed E-state index contributed by atoms with van der Waals surface area (Å²) in [6, 6.07) is 4.65. The summed E-state index contributed by atoms with van der Waals surface area (Å²) in [4.78, 5) is 12.2. The molecule has 0 atom stereocenters. The fourth-order valence-electron chi connectivity index (χ4n) is 2.79. The third-order valence-corrected chi connectivity index (χ3v) is 7.12. The van der Waals surface area contributed by atoms with Crippen LogP contribution in [0, 0.1) is 0 Å². The van der Waals surface area contributed by atoms with Crippen molar-refractivity contribution in [3.05, 3.63) is 23.9 Å². The Bertz CT molecular complexity index is 834. The Morgan fingerprint density at radius 3 is 2.84 bits per heavy atom. The van der Waals surface area contributed by atoms with Crippen LogP contribution in [0.4, 0.5) is 0 Å². The van der Waals surface area contributed by atoms with Crippen molar-refractivity contribution in [3.8, 4) is 10.6 Å². The van der Waals surface area contributed by atoms with Gasteiger partial charge in [0.05, 0.1) is 11.5 Å². The van der Waals surface area contributed by atoms with E-state index in [1.165, 1.54) is 12.1 Å². The maximum Gasteiger partial charge on any atom is 0.360 e. The van der Waals surface area contributed by atoms with Crippen molar-refractivity contribution in [2.75, 3.05) is 6.61 Å². The minimum Gasteiger partial charge on any atom is -0.461 e. The molecular weight excluding hydrogens is 364 g/mol. The largest absolute Gasteiger partial charge is 0.461 e. The van der Waals surface area contributed by atoms with Gasteiger partial charge < -0.3 is 9.26 Å². The second kappa shape index (κ2) is 7.67. The van der Waals surface area contributed by atoms with Gasteiger partial charge in [-0.15, -0.1) is 11.3 Å². The molecule has 1 fully saturated rings. The normalized spacial score (nSPS) is 16.0. The molecule has 0 bridgehead atoms. The summed E-state index contributed by atoms with van der Waals surface area (Å²) in [5.41, 5.74) is 0.0648. The first kappa shape index (κ1) is 18.1. The minimum absolute atomic E-state index is 0.00463. The smallest absolute Gasteiger partial charge is 0.360 e. The van der Waals surface area contributed by atoms with Crippen molar-refractivity contribution in [1.29, 1.82) is 0 Å². The summed E-state index contributed by atoms with van der Waals surface area (Å²) >= 11 is 1.08. The van der Waals surface area contributed by atoms with Crippen LogP contribution in [0.15, 0.2) is 26.9 Å². The molecule has 1 N–H and O–H groups in total. The molecule has 0 unspecified atom stereocenters. The van der Waals surface area contributed by atoms with Crippen molar-refractivity contribution < 1.29 is 22.5 Å². The lowest BCUT2D eigenvalue weighted by Crippen LogP contribution is -2.35. The van der Waals surface area contributed by atoms with Gasteiger partial charge in [0, 0.05) is 12.1 Å². The summed E-state index contributed by atoms with van der Waals surface area (Å²) in [6.45, 7) is 1.95. The van der Waals surface area contributed by atoms with E-state index in [0.29, 0.717) is 10.6 Å². The predicted molar refractivity (Wildman–Crippen MR) is 93.0 cm³/mol. The van der Waals surface area contributed by atoms with Crippen molar-refractivity contribution >= 4 is 27.3 Å². The number of ether oxygens (including phenoxy) is 1. The molecule has 2 heterocycles. The minimum atomic E-state index is -3.55. The van der Waals surface area contributed by atoms with E-state index in [0.717, 1.165) is 43.4 Å². The van der Waals surface area contributed by atoms with E-state index in [1.54, 1.807) is 13.0 Å². The average molecular weight is 384 g/mol. The van der Waals surface area contributed by atoms with Crippen molar-refractivity contribution in [2.24, 2.45) is 0 Å². The van der Waals surface area contributed by atoms with Gasteiger partial charge in [-0.3, -0.25) is 0 Å². The molecule has 0 amide bonds. The molecule has 25 heavy (non-hydrogen) atoms. The van der Waals surface area contributed by atoms with Gasteiger partial charge in [0.25, 0.3) is 0 Å². The van der Waals surface area contributed by atoms with Crippen LogP contribution in [-0.2, 0) is 14.8 Å². The van der Waals surface area contributed by atoms with Crippen LogP contribution in [0.5, 0.6) is 0 Å². The van der Waals surface area contributed by atoms with Crippen LogP contribution in [0.3, 0.4) is 0 Å². The number of hydrogen-bond donors (Lipinski definition) is 1. The number of carbonyl (C=O) groups excluding carboxylic acids is 1. The second-order valence-electron chi connectivity index (χ2n) is 5.87.